The lowest BCUT2D eigenvalue weighted by Gasteiger charge is -2.32. The molecule has 1 aliphatic rings. The third kappa shape index (κ3) is 4.73. The van der Waals surface area contributed by atoms with E-state index < -0.39 is 12.3 Å². The van der Waals surface area contributed by atoms with Crippen LogP contribution in [-0.2, 0) is 0 Å². The molecule has 1 atom stereocenters. The van der Waals surface area contributed by atoms with E-state index in [1.807, 2.05) is 11.9 Å². The maximum absolute atomic E-state index is 12.3. The number of halogens is 4. The van der Waals surface area contributed by atoms with Crippen LogP contribution >= 0.6 is 22.6 Å². The highest BCUT2D eigenvalue weighted by molar-refractivity contribution is 14.1. The van der Waals surface area contributed by atoms with Crippen molar-refractivity contribution in [2.45, 2.75) is 31.8 Å². The van der Waals surface area contributed by atoms with Gasteiger partial charge < -0.3 is 10.1 Å². The van der Waals surface area contributed by atoms with Crippen molar-refractivity contribution < 1.29 is 22.7 Å². The molecule has 122 valence electrons. The van der Waals surface area contributed by atoms with Gasteiger partial charge in [-0.15, -0.1) is 13.2 Å². The number of carbonyl (C=O) groups excluding carboxylic acids is 1. The van der Waals surface area contributed by atoms with Crippen LogP contribution in [0.25, 0.3) is 0 Å². The molecule has 22 heavy (non-hydrogen) atoms. The molecule has 8 heteroatoms. The van der Waals surface area contributed by atoms with Crippen molar-refractivity contribution >= 4 is 28.5 Å². The summed E-state index contributed by atoms with van der Waals surface area (Å²) in [6.45, 7) is 0.889. The SMILES string of the molecule is CN1CCCCC1NC(=O)c1ccc(I)c(OC(F)(F)F)c1. The predicted molar refractivity (Wildman–Crippen MR) is 83.6 cm³/mol. The number of hydrogen-bond donors (Lipinski definition) is 1. The summed E-state index contributed by atoms with van der Waals surface area (Å²) in [7, 11) is 1.91. The van der Waals surface area contributed by atoms with Crippen LogP contribution in [-0.4, -0.2) is 36.9 Å². The van der Waals surface area contributed by atoms with Crippen molar-refractivity contribution in [3.8, 4) is 5.75 Å². The summed E-state index contributed by atoms with van der Waals surface area (Å²) < 4.78 is 41.3. The first kappa shape index (κ1) is 17.3. The molecular formula is C14H16F3IN2O2. The molecule has 1 heterocycles. The number of piperidine rings is 1. The van der Waals surface area contributed by atoms with E-state index in [0.29, 0.717) is 3.57 Å². The summed E-state index contributed by atoms with van der Waals surface area (Å²) in [5.41, 5.74) is 0.152. The van der Waals surface area contributed by atoms with Gasteiger partial charge in [0.25, 0.3) is 5.91 Å². The highest BCUT2D eigenvalue weighted by atomic mass is 127. The van der Waals surface area contributed by atoms with Gasteiger partial charge in [-0.05, 0) is 73.6 Å². The molecule has 0 aromatic heterocycles. The molecule has 1 unspecified atom stereocenters. The zero-order chi connectivity index (χ0) is 16.3. The van der Waals surface area contributed by atoms with Crippen molar-refractivity contribution in [2.75, 3.05) is 13.6 Å². The minimum Gasteiger partial charge on any atom is -0.405 e. The molecule has 1 amide bonds. The number of ether oxygens (including phenoxy) is 1. The van der Waals surface area contributed by atoms with Crippen molar-refractivity contribution in [1.82, 2.24) is 10.2 Å². The Labute approximate surface area is 140 Å². The van der Waals surface area contributed by atoms with Gasteiger partial charge in [0.15, 0.2) is 0 Å². The Morgan fingerprint density at radius 1 is 1.41 bits per heavy atom. The highest BCUT2D eigenvalue weighted by Gasteiger charge is 2.32. The van der Waals surface area contributed by atoms with E-state index in [9.17, 15) is 18.0 Å². The summed E-state index contributed by atoms with van der Waals surface area (Å²) in [6.07, 6.45) is -1.94. The van der Waals surface area contributed by atoms with E-state index in [-0.39, 0.29) is 17.5 Å². The fourth-order valence-corrected chi connectivity index (χ4v) is 2.79. The molecular weight excluding hydrogens is 412 g/mol. The second kappa shape index (κ2) is 7.03. The van der Waals surface area contributed by atoms with Crippen LogP contribution in [0.3, 0.4) is 0 Å². The summed E-state index contributed by atoms with van der Waals surface area (Å²) in [5, 5.41) is 2.84. The van der Waals surface area contributed by atoms with Gasteiger partial charge in [-0.3, -0.25) is 9.69 Å². The molecule has 0 saturated carbocycles. The number of nitrogens with zero attached hydrogens (tertiary/aromatic N) is 1. The number of hydrogen-bond acceptors (Lipinski definition) is 3. The number of likely N-dealkylation sites (tertiary alicyclic amines) is 1. The van der Waals surface area contributed by atoms with E-state index in [1.165, 1.54) is 12.1 Å². The third-order valence-corrected chi connectivity index (χ3v) is 4.38. The summed E-state index contributed by atoms with van der Waals surface area (Å²) >= 11 is 1.73. The van der Waals surface area contributed by atoms with Crippen LogP contribution < -0.4 is 10.1 Å². The Morgan fingerprint density at radius 3 is 2.77 bits per heavy atom. The number of alkyl halides is 3. The van der Waals surface area contributed by atoms with Gasteiger partial charge >= 0.3 is 6.36 Å². The summed E-state index contributed by atoms with van der Waals surface area (Å²) in [5.74, 6) is -0.764. The van der Waals surface area contributed by atoms with Crippen molar-refractivity contribution in [1.29, 1.82) is 0 Å². The lowest BCUT2D eigenvalue weighted by Crippen LogP contribution is -2.48. The molecule has 0 radical (unpaired) electrons. The number of nitrogens with one attached hydrogen (secondary N) is 1. The Morgan fingerprint density at radius 2 is 2.14 bits per heavy atom. The number of rotatable bonds is 3. The fourth-order valence-electron chi connectivity index (χ4n) is 2.34. The topological polar surface area (TPSA) is 41.6 Å². The monoisotopic (exact) mass is 428 g/mol. The van der Waals surface area contributed by atoms with Gasteiger partial charge in [0.2, 0.25) is 0 Å². The van der Waals surface area contributed by atoms with Gasteiger partial charge in [0, 0.05) is 5.56 Å². The van der Waals surface area contributed by atoms with Crippen LogP contribution in [0, 0.1) is 3.57 Å². The Bertz CT molecular complexity index is 551. The predicted octanol–water partition coefficient (Wildman–Crippen LogP) is 3.36. The average molecular weight is 428 g/mol. The smallest absolute Gasteiger partial charge is 0.405 e. The highest BCUT2D eigenvalue weighted by Crippen LogP contribution is 2.28. The maximum atomic E-state index is 12.3. The van der Waals surface area contributed by atoms with Gasteiger partial charge in [-0.25, -0.2) is 0 Å². The molecule has 0 spiro atoms. The Balaban J connectivity index is 2.11. The molecule has 0 bridgehead atoms. The van der Waals surface area contributed by atoms with Gasteiger partial charge in [-0.1, -0.05) is 0 Å². The van der Waals surface area contributed by atoms with Crippen molar-refractivity contribution in [2.24, 2.45) is 0 Å². The second-order valence-electron chi connectivity index (χ2n) is 5.16. The maximum Gasteiger partial charge on any atom is 0.573 e. The molecule has 1 aromatic carbocycles. The van der Waals surface area contributed by atoms with Crippen LogP contribution in [0.15, 0.2) is 18.2 Å². The standard InChI is InChI=1S/C14H16F3IN2O2/c1-20-7-3-2-4-12(20)19-13(21)9-5-6-10(18)11(8-9)22-14(15,16)17/h5-6,8,12H,2-4,7H2,1H3,(H,19,21). The summed E-state index contributed by atoms with van der Waals surface area (Å²) in [4.78, 5) is 14.2. The van der Waals surface area contributed by atoms with Crippen molar-refractivity contribution in [3.63, 3.8) is 0 Å². The first-order valence-corrected chi connectivity index (χ1v) is 7.90. The number of benzene rings is 1. The largest absolute Gasteiger partial charge is 0.573 e. The zero-order valence-electron chi connectivity index (χ0n) is 11.9. The summed E-state index contributed by atoms with van der Waals surface area (Å²) in [6, 6.07) is 4.04. The molecule has 1 aromatic rings. The van der Waals surface area contributed by atoms with Crippen LogP contribution in [0.2, 0.25) is 0 Å². The molecule has 2 rings (SSSR count). The first-order chi connectivity index (χ1) is 10.3. The zero-order valence-corrected chi connectivity index (χ0v) is 14.1. The lowest BCUT2D eigenvalue weighted by molar-refractivity contribution is -0.275. The molecule has 0 aliphatic carbocycles. The van der Waals surface area contributed by atoms with E-state index in [4.69, 9.17) is 0 Å². The minimum absolute atomic E-state index is 0.0903. The minimum atomic E-state index is -4.78. The molecule has 1 saturated heterocycles. The molecule has 1 aliphatic heterocycles. The number of amides is 1. The van der Waals surface area contributed by atoms with Gasteiger partial charge in [0.05, 0.1) is 9.74 Å². The van der Waals surface area contributed by atoms with Crippen LogP contribution in [0.5, 0.6) is 5.75 Å². The average Bonchev–Trinajstić information content (AvgIpc) is 2.42. The van der Waals surface area contributed by atoms with Crippen LogP contribution in [0.4, 0.5) is 13.2 Å². The fraction of sp³-hybridized carbons (Fsp3) is 0.500. The number of carbonyl (C=O) groups is 1. The third-order valence-electron chi connectivity index (χ3n) is 3.49. The van der Waals surface area contributed by atoms with Crippen molar-refractivity contribution in [3.05, 3.63) is 27.3 Å². The lowest BCUT2D eigenvalue weighted by atomic mass is 10.1. The normalized spacial score (nSPS) is 19.8. The quantitative estimate of drug-likeness (QED) is 0.752. The molecule has 4 nitrogen and oxygen atoms in total. The molecule has 1 fully saturated rings. The Hall–Kier alpha value is -1.03. The van der Waals surface area contributed by atoms with Gasteiger partial charge in [0.1, 0.15) is 5.75 Å². The van der Waals surface area contributed by atoms with E-state index in [0.717, 1.165) is 31.9 Å². The van der Waals surface area contributed by atoms with Crippen LogP contribution in [0.1, 0.15) is 29.6 Å². The van der Waals surface area contributed by atoms with E-state index in [1.54, 1.807) is 22.6 Å². The molecule has 1 N–H and O–H groups in total. The van der Waals surface area contributed by atoms with E-state index in [2.05, 4.69) is 10.1 Å². The second-order valence-corrected chi connectivity index (χ2v) is 6.32. The Kier molecular flexibility index (Phi) is 5.54. The van der Waals surface area contributed by atoms with E-state index >= 15 is 0 Å². The first-order valence-electron chi connectivity index (χ1n) is 6.82. The van der Waals surface area contributed by atoms with Gasteiger partial charge in [-0.2, -0.15) is 0 Å².